The molecule has 1 saturated heterocycles. The van der Waals surface area contributed by atoms with Crippen molar-refractivity contribution in [2.45, 2.75) is 25.4 Å². The van der Waals surface area contributed by atoms with E-state index < -0.39 is 17.8 Å². The molecule has 2 rings (SSSR count). The lowest BCUT2D eigenvalue weighted by Gasteiger charge is -2.21. The maximum atomic E-state index is 13.7. The molecule has 1 unspecified atom stereocenters. The van der Waals surface area contributed by atoms with Crippen LogP contribution in [0.3, 0.4) is 0 Å². The summed E-state index contributed by atoms with van der Waals surface area (Å²) in [6, 6.07) is 5.61. The highest BCUT2D eigenvalue weighted by Crippen LogP contribution is 2.21. The number of benzene rings is 1. The second-order valence-corrected chi connectivity index (χ2v) is 4.38. The van der Waals surface area contributed by atoms with Crippen molar-refractivity contribution < 1.29 is 14.3 Å². The molecule has 1 aromatic carbocycles. The van der Waals surface area contributed by atoms with E-state index in [4.69, 9.17) is 10.4 Å². The first-order chi connectivity index (χ1) is 8.61. The Labute approximate surface area is 104 Å². The average molecular weight is 248 g/mol. The number of rotatable bonds is 3. The van der Waals surface area contributed by atoms with E-state index >= 15 is 0 Å². The third-order valence-electron chi connectivity index (χ3n) is 3.20. The summed E-state index contributed by atoms with van der Waals surface area (Å²) in [6.45, 7) is 0.935. The van der Waals surface area contributed by atoms with Gasteiger partial charge in [0.05, 0.1) is 11.6 Å². The van der Waals surface area contributed by atoms with Crippen molar-refractivity contribution in [1.29, 1.82) is 5.26 Å². The third-order valence-corrected chi connectivity index (χ3v) is 3.20. The minimum atomic E-state index is -0.860. The van der Waals surface area contributed by atoms with E-state index in [0.29, 0.717) is 18.5 Å². The monoisotopic (exact) mass is 248 g/mol. The molecule has 1 aliphatic rings. The Kier molecular flexibility index (Phi) is 3.58. The van der Waals surface area contributed by atoms with Crippen LogP contribution in [0.15, 0.2) is 18.2 Å². The van der Waals surface area contributed by atoms with Gasteiger partial charge in [-0.1, -0.05) is 6.07 Å². The number of likely N-dealkylation sites (tertiary alicyclic amines) is 1. The lowest BCUT2D eigenvalue weighted by Crippen LogP contribution is -2.35. The van der Waals surface area contributed by atoms with Gasteiger partial charge in [0.25, 0.3) is 0 Å². The third kappa shape index (κ3) is 2.49. The molecule has 18 heavy (non-hydrogen) atoms. The molecule has 0 saturated carbocycles. The molecule has 1 N–H and O–H groups in total. The molecule has 0 radical (unpaired) electrons. The summed E-state index contributed by atoms with van der Waals surface area (Å²) in [6.07, 6.45) is 1.42. The Morgan fingerprint density at radius 1 is 1.61 bits per heavy atom. The van der Waals surface area contributed by atoms with E-state index in [2.05, 4.69) is 0 Å². The molecule has 5 heteroatoms. The first-order valence-electron chi connectivity index (χ1n) is 5.77. The van der Waals surface area contributed by atoms with Crippen molar-refractivity contribution in [2.24, 2.45) is 0 Å². The quantitative estimate of drug-likeness (QED) is 0.885. The zero-order valence-electron chi connectivity index (χ0n) is 9.77. The molecule has 0 aliphatic carbocycles. The van der Waals surface area contributed by atoms with Gasteiger partial charge in [-0.05, 0) is 31.5 Å². The maximum absolute atomic E-state index is 13.7. The average Bonchev–Trinajstić information content (AvgIpc) is 2.80. The number of carboxylic acid groups (broad SMARTS) is 1. The molecule has 1 aliphatic heterocycles. The van der Waals surface area contributed by atoms with Gasteiger partial charge in [-0.15, -0.1) is 0 Å². The molecule has 1 fully saturated rings. The van der Waals surface area contributed by atoms with Gasteiger partial charge in [-0.25, -0.2) is 4.39 Å². The standard InChI is InChI=1S/C13H13FN2O2/c14-11-6-9(7-15)3-4-10(11)8-16-5-1-2-12(16)13(17)18/h3-4,6,12H,1-2,5,8H2,(H,17,18). The minimum Gasteiger partial charge on any atom is -0.480 e. The Balaban J connectivity index is 2.14. The first-order valence-corrected chi connectivity index (χ1v) is 5.77. The molecule has 1 aromatic rings. The lowest BCUT2D eigenvalue weighted by molar-refractivity contribution is -0.142. The summed E-state index contributed by atoms with van der Waals surface area (Å²) in [7, 11) is 0. The zero-order chi connectivity index (χ0) is 13.1. The molecular weight excluding hydrogens is 235 g/mol. The van der Waals surface area contributed by atoms with Crippen molar-refractivity contribution in [3.05, 3.63) is 35.1 Å². The summed E-state index contributed by atoms with van der Waals surface area (Å²) in [5, 5.41) is 17.7. The molecule has 0 bridgehead atoms. The van der Waals surface area contributed by atoms with Crippen molar-refractivity contribution in [3.8, 4) is 6.07 Å². The van der Waals surface area contributed by atoms with E-state index in [1.165, 1.54) is 6.07 Å². The summed E-state index contributed by atoms with van der Waals surface area (Å²) in [5.41, 5.74) is 0.703. The molecule has 0 aromatic heterocycles. The number of aliphatic carboxylic acids is 1. The largest absolute Gasteiger partial charge is 0.480 e. The second-order valence-electron chi connectivity index (χ2n) is 4.38. The molecule has 0 amide bonds. The van der Waals surface area contributed by atoms with Gasteiger partial charge in [0.15, 0.2) is 0 Å². The molecular formula is C13H13FN2O2. The molecule has 4 nitrogen and oxygen atoms in total. The first kappa shape index (κ1) is 12.5. The van der Waals surface area contributed by atoms with E-state index in [-0.39, 0.29) is 12.1 Å². The highest BCUT2D eigenvalue weighted by Gasteiger charge is 2.30. The minimum absolute atomic E-state index is 0.271. The number of hydrogen-bond donors (Lipinski definition) is 1. The second kappa shape index (κ2) is 5.15. The van der Waals surface area contributed by atoms with Gasteiger partial charge in [0, 0.05) is 12.1 Å². The number of halogens is 1. The fourth-order valence-electron chi connectivity index (χ4n) is 2.26. The Hall–Kier alpha value is -1.93. The zero-order valence-corrected chi connectivity index (χ0v) is 9.77. The number of hydrogen-bond acceptors (Lipinski definition) is 3. The summed E-state index contributed by atoms with van der Waals surface area (Å²) >= 11 is 0. The lowest BCUT2D eigenvalue weighted by atomic mass is 10.1. The van der Waals surface area contributed by atoms with Crippen LogP contribution in [0.1, 0.15) is 24.0 Å². The van der Waals surface area contributed by atoms with Gasteiger partial charge in [0.2, 0.25) is 0 Å². The Morgan fingerprint density at radius 2 is 2.39 bits per heavy atom. The maximum Gasteiger partial charge on any atom is 0.320 e. The topological polar surface area (TPSA) is 64.3 Å². The number of nitrogens with zero attached hydrogens (tertiary/aromatic N) is 2. The van der Waals surface area contributed by atoms with Crippen LogP contribution < -0.4 is 0 Å². The Morgan fingerprint density at radius 3 is 3.00 bits per heavy atom. The molecule has 0 spiro atoms. The highest BCUT2D eigenvalue weighted by atomic mass is 19.1. The van der Waals surface area contributed by atoms with Gasteiger partial charge >= 0.3 is 5.97 Å². The van der Waals surface area contributed by atoms with Crippen LogP contribution >= 0.6 is 0 Å². The van der Waals surface area contributed by atoms with E-state index in [0.717, 1.165) is 6.42 Å². The SMILES string of the molecule is N#Cc1ccc(CN2CCCC2C(=O)O)c(F)c1. The number of carbonyl (C=O) groups is 1. The number of nitriles is 1. The summed E-state index contributed by atoms with van der Waals surface area (Å²) < 4.78 is 13.7. The van der Waals surface area contributed by atoms with Crippen LogP contribution in [0.4, 0.5) is 4.39 Å². The van der Waals surface area contributed by atoms with E-state index in [1.54, 1.807) is 17.0 Å². The van der Waals surface area contributed by atoms with Crippen LogP contribution in [0.2, 0.25) is 0 Å². The van der Waals surface area contributed by atoms with Crippen LogP contribution in [-0.2, 0) is 11.3 Å². The van der Waals surface area contributed by atoms with Crippen LogP contribution in [0.25, 0.3) is 0 Å². The van der Waals surface area contributed by atoms with Gasteiger partial charge in [-0.3, -0.25) is 9.69 Å². The molecule has 1 heterocycles. The van der Waals surface area contributed by atoms with Gasteiger partial charge < -0.3 is 5.11 Å². The van der Waals surface area contributed by atoms with Crippen LogP contribution in [-0.4, -0.2) is 28.6 Å². The fraction of sp³-hybridized carbons (Fsp3) is 0.385. The smallest absolute Gasteiger partial charge is 0.320 e. The Bertz CT molecular complexity index is 510. The highest BCUT2D eigenvalue weighted by molar-refractivity contribution is 5.73. The normalized spacial score (nSPS) is 19.7. The predicted molar refractivity (Wildman–Crippen MR) is 62.2 cm³/mol. The van der Waals surface area contributed by atoms with Crippen molar-refractivity contribution in [2.75, 3.05) is 6.54 Å². The predicted octanol–water partition coefficient (Wildman–Crippen LogP) is 1.75. The van der Waals surface area contributed by atoms with Crippen molar-refractivity contribution in [1.82, 2.24) is 4.90 Å². The van der Waals surface area contributed by atoms with E-state index in [1.807, 2.05) is 6.07 Å². The molecule has 94 valence electrons. The van der Waals surface area contributed by atoms with Gasteiger partial charge in [0.1, 0.15) is 11.9 Å². The molecule has 1 atom stereocenters. The van der Waals surface area contributed by atoms with Crippen LogP contribution in [0.5, 0.6) is 0 Å². The van der Waals surface area contributed by atoms with Crippen molar-refractivity contribution >= 4 is 5.97 Å². The number of carboxylic acids is 1. The van der Waals surface area contributed by atoms with Crippen LogP contribution in [0, 0.1) is 17.1 Å². The summed E-state index contributed by atoms with van der Waals surface area (Å²) in [5.74, 6) is -1.31. The van der Waals surface area contributed by atoms with Crippen molar-refractivity contribution in [3.63, 3.8) is 0 Å². The van der Waals surface area contributed by atoms with Gasteiger partial charge in [-0.2, -0.15) is 5.26 Å². The summed E-state index contributed by atoms with van der Waals surface area (Å²) in [4.78, 5) is 12.8. The fourth-order valence-corrected chi connectivity index (χ4v) is 2.26. The van der Waals surface area contributed by atoms with E-state index in [9.17, 15) is 9.18 Å².